The van der Waals surface area contributed by atoms with Crippen LogP contribution in [0.5, 0.6) is 0 Å². The quantitative estimate of drug-likeness (QED) is 0.840. The molecule has 1 aliphatic carbocycles. The summed E-state index contributed by atoms with van der Waals surface area (Å²) in [4.78, 5) is 13.6. The lowest BCUT2D eigenvalue weighted by molar-refractivity contribution is -0.117. The van der Waals surface area contributed by atoms with Gasteiger partial charge in [-0.05, 0) is 36.3 Å². The second-order valence-electron chi connectivity index (χ2n) is 5.98. The molecule has 23 heavy (non-hydrogen) atoms. The lowest BCUT2D eigenvalue weighted by Gasteiger charge is -2.28. The molecule has 1 aromatic heterocycles. The Hall–Kier alpha value is -1.36. The summed E-state index contributed by atoms with van der Waals surface area (Å²) in [5.74, 6) is 0.397. The summed E-state index contributed by atoms with van der Waals surface area (Å²) < 4.78 is 0. The molecule has 1 aliphatic rings. The van der Waals surface area contributed by atoms with Crippen molar-refractivity contribution >= 4 is 35.3 Å². The number of para-hydroxylation sites is 1. The Labute approximate surface area is 147 Å². The molecule has 5 heteroatoms. The molecule has 3 nitrogen and oxygen atoms in total. The van der Waals surface area contributed by atoms with Gasteiger partial charge in [0.1, 0.15) is 0 Å². The van der Waals surface area contributed by atoms with Gasteiger partial charge in [-0.1, -0.05) is 37.1 Å². The number of hydrogen-bond donors (Lipinski definition) is 2. The van der Waals surface area contributed by atoms with Crippen LogP contribution in [0.25, 0.3) is 10.4 Å². The summed E-state index contributed by atoms with van der Waals surface area (Å²) in [5.41, 5.74) is 8.12. The monoisotopic (exact) mass is 350 g/mol. The van der Waals surface area contributed by atoms with Gasteiger partial charge in [-0.3, -0.25) is 4.79 Å². The normalized spacial score (nSPS) is 20.6. The molecule has 3 rings (SSSR count). The minimum Gasteiger partial charge on any atom is -0.327 e. The van der Waals surface area contributed by atoms with E-state index in [-0.39, 0.29) is 24.4 Å². The predicted octanol–water partition coefficient (Wildman–Crippen LogP) is 4.68. The van der Waals surface area contributed by atoms with E-state index in [4.69, 9.17) is 5.73 Å². The molecule has 2 atom stereocenters. The summed E-state index contributed by atoms with van der Waals surface area (Å²) in [5, 5.41) is 5.13. The van der Waals surface area contributed by atoms with Crippen molar-refractivity contribution in [2.45, 2.75) is 38.1 Å². The highest BCUT2D eigenvalue weighted by atomic mass is 35.5. The highest BCUT2D eigenvalue weighted by molar-refractivity contribution is 7.13. The first-order valence-electron chi connectivity index (χ1n) is 7.92. The fourth-order valence-corrected chi connectivity index (χ4v) is 3.93. The molecule has 0 saturated heterocycles. The first-order valence-corrected chi connectivity index (χ1v) is 8.80. The molecule has 0 bridgehead atoms. The van der Waals surface area contributed by atoms with Crippen LogP contribution in [-0.2, 0) is 4.79 Å². The molecule has 2 unspecified atom stereocenters. The van der Waals surface area contributed by atoms with Crippen molar-refractivity contribution in [2.24, 2.45) is 11.7 Å². The smallest absolute Gasteiger partial charge is 0.224 e. The Morgan fingerprint density at radius 1 is 1.17 bits per heavy atom. The fourth-order valence-electron chi connectivity index (χ4n) is 3.17. The zero-order chi connectivity index (χ0) is 15.4. The molecule has 3 N–H and O–H groups in total. The number of nitrogens with one attached hydrogen (secondary N) is 1. The molecule has 1 fully saturated rings. The van der Waals surface area contributed by atoms with E-state index in [2.05, 4.69) is 16.8 Å². The number of thiophene rings is 1. The average molecular weight is 351 g/mol. The van der Waals surface area contributed by atoms with Crippen molar-refractivity contribution in [3.8, 4) is 10.4 Å². The van der Waals surface area contributed by atoms with E-state index < -0.39 is 0 Å². The van der Waals surface area contributed by atoms with E-state index >= 15 is 0 Å². The number of halogens is 1. The van der Waals surface area contributed by atoms with Crippen LogP contribution in [-0.4, -0.2) is 11.9 Å². The molecule has 124 valence electrons. The Morgan fingerprint density at radius 3 is 2.70 bits per heavy atom. The van der Waals surface area contributed by atoms with Crippen LogP contribution < -0.4 is 11.1 Å². The van der Waals surface area contributed by atoms with Gasteiger partial charge in [0, 0.05) is 28.6 Å². The Balaban J connectivity index is 0.00000192. The van der Waals surface area contributed by atoms with Crippen LogP contribution >= 0.6 is 23.7 Å². The van der Waals surface area contributed by atoms with E-state index in [0.717, 1.165) is 24.1 Å². The van der Waals surface area contributed by atoms with Crippen molar-refractivity contribution in [1.29, 1.82) is 0 Å². The third-order valence-electron chi connectivity index (χ3n) is 4.40. The van der Waals surface area contributed by atoms with Crippen LogP contribution in [0.3, 0.4) is 0 Å². The lowest BCUT2D eigenvalue weighted by Crippen LogP contribution is -2.35. The first-order chi connectivity index (χ1) is 10.7. The number of hydrogen-bond acceptors (Lipinski definition) is 3. The van der Waals surface area contributed by atoms with Crippen LogP contribution in [0, 0.1) is 5.92 Å². The second-order valence-corrected chi connectivity index (χ2v) is 6.93. The number of carbonyl (C=O) groups is 1. The molecule has 0 aliphatic heterocycles. The van der Waals surface area contributed by atoms with Crippen LogP contribution in [0.15, 0.2) is 41.8 Å². The number of nitrogens with two attached hydrogens (primary N) is 1. The molecule has 0 spiro atoms. The lowest BCUT2D eigenvalue weighted by atomic mass is 9.83. The van der Waals surface area contributed by atoms with Gasteiger partial charge in [-0.25, -0.2) is 0 Å². The van der Waals surface area contributed by atoms with Gasteiger partial charge in [0.15, 0.2) is 0 Å². The van der Waals surface area contributed by atoms with Crippen molar-refractivity contribution in [2.75, 3.05) is 5.32 Å². The third kappa shape index (κ3) is 4.56. The van der Waals surface area contributed by atoms with Gasteiger partial charge in [0.25, 0.3) is 0 Å². The van der Waals surface area contributed by atoms with Gasteiger partial charge >= 0.3 is 0 Å². The largest absolute Gasteiger partial charge is 0.327 e. The van der Waals surface area contributed by atoms with Crippen LogP contribution in [0.1, 0.15) is 32.1 Å². The fraction of sp³-hybridized carbons (Fsp3) is 0.389. The predicted molar refractivity (Wildman–Crippen MR) is 100 cm³/mol. The van der Waals surface area contributed by atoms with Crippen LogP contribution in [0.4, 0.5) is 5.69 Å². The molecular formula is C18H23ClN2OS. The van der Waals surface area contributed by atoms with E-state index in [1.807, 2.05) is 30.3 Å². The van der Waals surface area contributed by atoms with Gasteiger partial charge in [-0.2, -0.15) is 0 Å². The van der Waals surface area contributed by atoms with Crippen molar-refractivity contribution in [1.82, 2.24) is 0 Å². The van der Waals surface area contributed by atoms with Gasteiger partial charge in [0.2, 0.25) is 5.91 Å². The summed E-state index contributed by atoms with van der Waals surface area (Å²) in [7, 11) is 0. The Morgan fingerprint density at radius 2 is 1.96 bits per heavy atom. The van der Waals surface area contributed by atoms with Gasteiger partial charge < -0.3 is 11.1 Å². The molecule has 1 amide bonds. The zero-order valence-electron chi connectivity index (χ0n) is 13.0. The van der Waals surface area contributed by atoms with Crippen molar-refractivity contribution < 1.29 is 4.79 Å². The first kappa shape index (κ1) is 18.0. The second kappa shape index (κ2) is 8.48. The maximum atomic E-state index is 12.4. The Bertz CT molecular complexity index is 630. The molecule has 2 aromatic rings. The molecule has 0 radical (unpaired) electrons. The standard InChI is InChI=1S/C18H22N2OS.ClH/c19-15-8-3-1-6-13(15)12-18(21)20-16-9-4-2-7-14(16)17-10-5-11-22-17;/h2,4-5,7,9-11,13,15H,1,3,6,8,12,19H2,(H,20,21);1H. The third-order valence-corrected chi connectivity index (χ3v) is 5.31. The number of benzene rings is 1. The summed E-state index contributed by atoms with van der Waals surface area (Å²) in [6.07, 6.45) is 5.03. The molecule has 1 aromatic carbocycles. The summed E-state index contributed by atoms with van der Waals surface area (Å²) >= 11 is 1.68. The summed E-state index contributed by atoms with van der Waals surface area (Å²) in [6, 6.07) is 12.3. The van der Waals surface area contributed by atoms with E-state index in [1.165, 1.54) is 17.7 Å². The summed E-state index contributed by atoms with van der Waals surface area (Å²) in [6.45, 7) is 0. The number of anilines is 1. The van der Waals surface area contributed by atoms with Crippen molar-refractivity contribution in [3.63, 3.8) is 0 Å². The van der Waals surface area contributed by atoms with Crippen LogP contribution in [0.2, 0.25) is 0 Å². The van der Waals surface area contributed by atoms with E-state index in [0.29, 0.717) is 12.3 Å². The highest BCUT2D eigenvalue weighted by Crippen LogP contribution is 2.32. The maximum absolute atomic E-state index is 12.4. The highest BCUT2D eigenvalue weighted by Gasteiger charge is 2.24. The topological polar surface area (TPSA) is 55.1 Å². The van der Waals surface area contributed by atoms with Crippen molar-refractivity contribution in [3.05, 3.63) is 41.8 Å². The maximum Gasteiger partial charge on any atom is 0.224 e. The minimum atomic E-state index is 0. The Kier molecular flexibility index (Phi) is 6.63. The molecule has 1 saturated carbocycles. The van der Waals surface area contributed by atoms with Gasteiger partial charge in [0.05, 0.1) is 0 Å². The number of carbonyl (C=O) groups excluding carboxylic acids is 1. The number of amides is 1. The SMILES string of the molecule is Cl.NC1CCCCC1CC(=O)Nc1ccccc1-c1cccs1. The van der Waals surface area contributed by atoms with Gasteiger partial charge in [-0.15, -0.1) is 23.7 Å². The van der Waals surface area contributed by atoms with E-state index in [9.17, 15) is 4.79 Å². The minimum absolute atomic E-state index is 0. The number of rotatable bonds is 4. The average Bonchev–Trinajstić information content (AvgIpc) is 3.04. The zero-order valence-corrected chi connectivity index (χ0v) is 14.7. The van der Waals surface area contributed by atoms with E-state index in [1.54, 1.807) is 11.3 Å². The molecule has 1 heterocycles. The molecular weight excluding hydrogens is 328 g/mol.